The lowest BCUT2D eigenvalue weighted by Crippen LogP contribution is -2.27. The largest absolute Gasteiger partial charge is 0.454 e. The number of carbonyl (C=O) groups excluding carboxylic acids is 1. The molecule has 0 radical (unpaired) electrons. The van der Waals surface area contributed by atoms with Gasteiger partial charge < -0.3 is 14.3 Å². The van der Waals surface area contributed by atoms with Gasteiger partial charge in [-0.15, -0.1) is 0 Å². The zero-order valence-electron chi connectivity index (χ0n) is 10.6. The van der Waals surface area contributed by atoms with Crippen LogP contribution in [0.4, 0.5) is 0 Å². The van der Waals surface area contributed by atoms with Crippen LogP contribution < -0.4 is 5.32 Å². The van der Waals surface area contributed by atoms with Gasteiger partial charge in [0.15, 0.2) is 5.58 Å². The number of hydrogen-bond donors (Lipinski definition) is 1. The van der Waals surface area contributed by atoms with E-state index in [0.717, 1.165) is 34.9 Å². The maximum absolute atomic E-state index is 12.1. The second-order valence-electron chi connectivity index (χ2n) is 5.15. The first kappa shape index (κ1) is 10.7. The second kappa shape index (κ2) is 3.63. The van der Waals surface area contributed by atoms with E-state index in [1.165, 1.54) is 0 Å². The van der Waals surface area contributed by atoms with Gasteiger partial charge in [0.2, 0.25) is 0 Å². The topological polar surface area (TPSA) is 47.2 Å². The van der Waals surface area contributed by atoms with Gasteiger partial charge >= 0.3 is 0 Å². The van der Waals surface area contributed by atoms with Crippen molar-refractivity contribution in [3.05, 3.63) is 36.0 Å². The van der Waals surface area contributed by atoms with Crippen LogP contribution in [0, 0.1) is 0 Å². The fourth-order valence-corrected chi connectivity index (χ4v) is 2.54. The van der Waals surface area contributed by atoms with Gasteiger partial charge in [0.1, 0.15) is 11.3 Å². The zero-order valence-corrected chi connectivity index (χ0v) is 10.6. The Bertz CT molecular complexity index is 793. The highest BCUT2D eigenvalue weighted by atomic mass is 16.3. The fourth-order valence-electron chi connectivity index (χ4n) is 2.54. The average molecular weight is 254 g/mol. The molecule has 0 unspecified atom stereocenters. The van der Waals surface area contributed by atoms with Crippen LogP contribution in [0.3, 0.4) is 0 Å². The van der Waals surface area contributed by atoms with Gasteiger partial charge in [-0.3, -0.25) is 4.79 Å². The minimum atomic E-state index is -0.0134. The van der Waals surface area contributed by atoms with Crippen LogP contribution in [0.5, 0.6) is 0 Å². The van der Waals surface area contributed by atoms with E-state index in [9.17, 15) is 4.79 Å². The fraction of sp³-hybridized carbons (Fsp3) is 0.267. The lowest BCUT2D eigenvalue weighted by molar-refractivity contribution is 0.0943. The van der Waals surface area contributed by atoms with Gasteiger partial charge in [0.05, 0.1) is 5.52 Å². The SMILES string of the molecule is Cn1c(C(=O)NC2CC2)cc2oc3ccccc3c21. The number of nitrogens with zero attached hydrogens (tertiary/aromatic N) is 1. The minimum absolute atomic E-state index is 0.0134. The van der Waals surface area contributed by atoms with Crippen molar-refractivity contribution in [2.24, 2.45) is 7.05 Å². The number of carbonyl (C=O) groups is 1. The second-order valence-corrected chi connectivity index (χ2v) is 5.15. The summed E-state index contributed by atoms with van der Waals surface area (Å²) in [4.78, 5) is 12.1. The summed E-state index contributed by atoms with van der Waals surface area (Å²) >= 11 is 0. The highest BCUT2D eigenvalue weighted by Crippen LogP contribution is 2.30. The number of aryl methyl sites for hydroxylation is 1. The van der Waals surface area contributed by atoms with Gasteiger partial charge in [0, 0.05) is 24.5 Å². The van der Waals surface area contributed by atoms with E-state index < -0.39 is 0 Å². The van der Waals surface area contributed by atoms with Crippen molar-refractivity contribution in [2.75, 3.05) is 0 Å². The molecule has 0 atom stereocenters. The molecule has 1 amide bonds. The van der Waals surface area contributed by atoms with E-state index in [1.54, 1.807) is 0 Å². The van der Waals surface area contributed by atoms with E-state index in [-0.39, 0.29) is 5.91 Å². The van der Waals surface area contributed by atoms with Crippen molar-refractivity contribution in [1.82, 2.24) is 9.88 Å². The predicted octanol–water partition coefficient (Wildman–Crippen LogP) is 2.82. The Balaban J connectivity index is 1.88. The average Bonchev–Trinajstić information content (AvgIpc) is 3.04. The Kier molecular flexibility index (Phi) is 2.04. The lowest BCUT2D eigenvalue weighted by atomic mass is 10.2. The van der Waals surface area contributed by atoms with Crippen molar-refractivity contribution in [2.45, 2.75) is 18.9 Å². The summed E-state index contributed by atoms with van der Waals surface area (Å²) in [6.07, 6.45) is 2.18. The Labute approximate surface area is 110 Å². The standard InChI is InChI=1S/C15H14N2O2/c1-17-11(15(18)16-9-6-7-9)8-13-14(17)10-4-2-3-5-12(10)19-13/h2-5,8-9H,6-7H2,1H3,(H,16,18). The van der Waals surface area contributed by atoms with Crippen LogP contribution in [-0.4, -0.2) is 16.5 Å². The van der Waals surface area contributed by atoms with Crippen LogP contribution in [0.1, 0.15) is 23.3 Å². The summed E-state index contributed by atoms with van der Waals surface area (Å²) in [5.41, 5.74) is 3.27. The molecule has 2 aromatic heterocycles. The van der Waals surface area contributed by atoms with Gasteiger partial charge in [-0.25, -0.2) is 0 Å². The molecule has 1 N–H and O–H groups in total. The van der Waals surface area contributed by atoms with E-state index >= 15 is 0 Å². The minimum Gasteiger partial charge on any atom is -0.454 e. The van der Waals surface area contributed by atoms with Crippen LogP contribution in [0.25, 0.3) is 22.1 Å². The molecule has 3 aromatic rings. The molecular weight excluding hydrogens is 240 g/mol. The summed E-state index contributed by atoms with van der Waals surface area (Å²) in [5.74, 6) is -0.0134. The third kappa shape index (κ3) is 1.56. The summed E-state index contributed by atoms with van der Waals surface area (Å²) in [5, 5.41) is 4.06. The van der Waals surface area contributed by atoms with Crippen LogP contribution >= 0.6 is 0 Å². The summed E-state index contributed by atoms with van der Waals surface area (Å²) in [6.45, 7) is 0. The normalized spacial score (nSPS) is 15.2. The number of rotatable bonds is 2. The number of furan rings is 1. The van der Waals surface area contributed by atoms with E-state index in [4.69, 9.17) is 4.42 Å². The number of benzene rings is 1. The Hall–Kier alpha value is -2.23. The van der Waals surface area contributed by atoms with E-state index in [2.05, 4.69) is 5.32 Å². The molecule has 0 aliphatic heterocycles. The molecule has 1 aliphatic carbocycles. The molecule has 96 valence electrons. The molecule has 4 heteroatoms. The number of amides is 1. The van der Waals surface area contributed by atoms with Crippen molar-refractivity contribution < 1.29 is 9.21 Å². The van der Waals surface area contributed by atoms with E-state index in [1.807, 2.05) is 41.9 Å². The number of fused-ring (bicyclic) bond motifs is 3. The lowest BCUT2D eigenvalue weighted by Gasteiger charge is -2.04. The monoisotopic (exact) mass is 254 g/mol. The molecule has 1 aliphatic rings. The molecule has 4 rings (SSSR count). The first-order valence-corrected chi connectivity index (χ1v) is 6.52. The number of para-hydroxylation sites is 1. The summed E-state index contributed by atoms with van der Waals surface area (Å²) in [7, 11) is 1.91. The molecule has 0 bridgehead atoms. The van der Waals surface area contributed by atoms with Crippen molar-refractivity contribution in [1.29, 1.82) is 0 Å². The van der Waals surface area contributed by atoms with Gasteiger partial charge in [0.25, 0.3) is 5.91 Å². The first-order chi connectivity index (χ1) is 9.24. The quantitative estimate of drug-likeness (QED) is 0.764. The van der Waals surface area contributed by atoms with Crippen LogP contribution in [0.15, 0.2) is 34.7 Å². The van der Waals surface area contributed by atoms with Crippen LogP contribution in [-0.2, 0) is 7.05 Å². The maximum Gasteiger partial charge on any atom is 0.268 e. The third-order valence-corrected chi connectivity index (χ3v) is 3.71. The Morgan fingerprint density at radius 2 is 2.11 bits per heavy atom. The predicted molar refractivity (Wildman–Crippen MR) is 73.2 cm³/mol. The molecule has 4 nitrogen and oxygen atoms in total. The Morgan fingerprint density at radius 1 is 1.32 bits per heavy atom. The highest BCUT2D eigenvalue weighted by molar-refractivity contribution is 6.07. The molecule has 1 aromatic carbocycles. The molecule has 1 fully saturated rings. The van der Waals surface area contributed by atoms with Gasteiger partial charge in [-0.2, -0.15) is 0 Å². The third-order valence-electron chi connectivity index (χ3n) is 3.71. The molecule has 0 saturated heterocycles. The molecule has 2 heterocycles. The van der Waals surface area contributed by atoms with Gasteiger partial charge in [-0.1, -0.05) is 12.1 Å². The zero-order chi connectivity index (χ0) is 13.0. The molecule has 19 heavy (non-hydrogen) atoms. The van der Waals surface area contributed by atoms with Crippen molar-refractivity contribution >= 4 is 28.0 Å². The number of hydrogen-bond acceptors (Lipinski definition) is 2. The smallest absolute Gasteiger partial charge is 0.268 e. The molecule has 1 saturated carbocycles. The van der Waals surface area contributed by atoms with Crippen LogP contribution in [0.2, 0.25) is 0 Å². The summed E-state index contributed by atoms with van der Waals surface area (Å²) in [6, 6.07) is 10.1. The first-order valence-electron chi connectivity index (χ1n) is 6.52. The molecule has 0 spiro atoms. The van der Waals surface area contributed by atoms with Crippen molar-refractivity contribution in [3.8, 4) is 0 Å². The number of nitrogens with one attached hydrogen (secondary N) is 1. The summed E-state index contributed by atoms with van der Waals surface area (Å²) < 4.78 is 7.70. The van der Waals surface area contributed by atoms with E-state index in [0.29, 0.717) is 11.7 Å². The highest BCUT2D eigenvalue weighted by Gasteiger charge is 2.26. The molecular formula is C15H14N2O2. The maximum atomic E-state index is 12.1. The van der Waals surface area contributed by atoms with Crippen molar-refractivity contribution in [3.63, 3.8) is 0 Å². The number of aromatic nitrogens is 1. The van der Waals surface area contributed by atoms with Gasteiger partial charge in [-0.05, 0) is 25.0 Å². The Morgan fingerprint density at radius 3 is 2.89 bits per heavy atom.